The van der Waals surface area contributed by atoms with Crippen LogP contribution in [0.4, 0.5) is 5.69 Å². The first-order valence-corrected chi connectivity index (χ1v) is 10.4. The van der Waals surface area contributed by atoms with Crippen LogP contribution in [-0.2, 0) is 0 Å². The van der Waals surface area contributed by atoms with E-state index in [-0.39, 0.29) is 11.9 Å². The lowest BCUT2D eigenvalue weighted by Gasteiger charge is -2.16. The fourth-order valence-electron chi connectivity index (χ4n) is 4.39. The molecule has 4 heteroatoms. The minimum atomic E-state index is 0.0688. The highest BCUT2D eigenvalue weighted by Crippen LogP contribution is 2.37. The van der Waals surface area contributed by atoms with Crippen LogP contribution >= 0.6 is 0 Å². The zero-order valence-corrected chi connectivity index (χ0v) is 17.4. The monoisotopic (exact) mass is 404 g/mol. The zero-order chi connectivity index (χ0) is 21.4. The van der Waals surface area contributed by atoms with Crippen molar-refractivity contribution < 1.29 is 0 Å². The Balaban J connectivity index is 1.73. The van der Waals surface area contributed by atoms with Crippen molar-refractivity contribution in [2.45, 2.75) is 12.8 Å². The fraction of sp³-hybridized carbons (Fsp3) is 0.0741. The third-order valence-corrected chi connectivity index (χ3v) is 5.87. The smallest absolute Gasteiger partial charge is 0.191 e. The highest BCUT2D eigenvalue weighted by molar-refractivity contribution is 6.09. The molecule has 5 rings (SSSR count). The summed E-state index contributed by atoms with van der Waals surface area (Å²) in [6, 6.07) is 33.8. The Kier molecular flexibility index (Phi) is 4.68. The van der Waals surface area contributed by atoms with E-state index in [0.29, 0.717) is 0 Å². The molecule has 0 aliphatic carbocycles. The zero-order valence-electron chi connectivity index (χ0n) is 17.4. The molecule has 0 amide bonds. The number of para-hydroxylation sites is 3. The SMILES string of the molecule is CC(c1ccc2c3ccccc3n(-c3ccccc3)c2c1)c1ccccc1N=C(N)N. The van der Waals surface area contributed by atoms with Crippen molar-refractivity contribution in [3.05, 3.63) is 108 Å². The Hall–Kier alpha value is -4.05. The van der Waals surface area contributed by atoms with Crippen molar-refractivity contribution in [2.75, 3.05) is 0 Å². The second-order valence-electron chi connectivity index (χ2n) is 7.78. The lowest BCUT2D eigenvalue weighted by molar-refractivity contribution is 0.922. The summed E-state index contributed by atoms with van der Waals surface area (Å²) in [5.41, 5.74) is 18.0. The first kappa shape index (κ1) is 18.9. The van der Waals surface area contributed by atoms with Crippen LogP contribution in [-0.4, -0.2) is 10.5 Å². The molecule has 4 N–H and O–H groups in total. The average molecular weight is 405 g/mol. The van der Waals surface area contributed by atoms with Gasteiger partial charge in [-0.3, -0.25) is 0 Å². The number of nitrogens with zero attached hydrogens (tertiary/aromatic N) is 2. The predicted molar refractivity (Wildman–Crippen MR) is 130 cm³/mol. The van der Waals surface area contributed by atoms with Crippen LogP contribution in [0.15, 0.2) is 102 Å². The van der Waals surface area contributed by atoms with Crippen molar-refractivity contribution in [3.8, 4) is 5.69 Å². The summed E-state index contributed by atoms with van der Waals surface area (Å²) in [5, 5.41) is 2.49. The molecule has 5 aromatic rings. The molecule has 152 valence electrons. The summed E-state index contributed by atoms with van der Waals surface area (Å²) < 4.78 is 2.34. The van der Waals surface area contributed by atoms with E-state index in [1.54, 1.807) is 0 Å². The third kappa shape index (κ3) is 3.32. The molecule has 31 heavy (non-hydrogen) atoms. The molecule has 0 aliphatic rings. The van der Waals surface area contributed by atoms with Gasteiger partial charge in [0.05, 0.1) is 16.7 Å². The quantitative estimate of drug-likeness (QED) is 0.292. The van der Waals surface area contributed by atoms with Crippen molar-refractivity contribution in [2.24, 2.45) is 16.5 Å². The second kappa shape index (κ2) is 7.65. The number of aromatic nitrogens is 1. The van der Waals surface area contributed by atoms with E-state index in [4.69, 9.17) is 11.5 Å². The number of fused-ring (bicyclic) bond motifs is 3. The molecule has 0 radical (unpaired) electrons. The van der Waals surface area contributed by atoms with Crippen LogP contribution in [0.5, 0.6) is 0 Å². The average Bonchev–Trinajstić information content (AvgIpc) is 3.13. The van der Waals surface area contributed by atoms with Crippen LogP contribution in [0.1, 0.15) is 24.0 Å². The van der Waals surface area contributed by atoms with E-state index >= 15 is 0 Å². The first-order valence-electron chi connectivity index (χ1n) is 10.4. The minimum Gasteiger partial charge on any atom is -0.370 e. The van der Waals surface area contributed by atoms with Gasteiger partial charge in [-0.25, -0.2) is 4.99 Å². The van der Waals surface area contributed by atoms with Gasteiger partial charge in [0.15, 0.2) is 5.96 Å². The molecule has 0 spiro atoms. The van der Waals surface area contributed by atoms with Crippen molar-refractivity contribution in [1.82, 2.24) is 4.57 Å². The molecule has 1 heterocycles. The van der Waals surface area contributed by atoms with Gasteiger partial charge in [0.2, 0.25) is 0 Å². The van der Waals surface area contributed by atoms with Crippen LogP contribution in [0.3, 0.4) is 0 Å². The van der Waals surface area contributed by atoms with Gasteiger partial charge in [-0.15, -0.1) is 0 Å². The Morgan fingerprint density at radius 3 is 2.23 bits per heavy atom. The Morgan fingerprint density at radius 2 is 1.42 bits per heavy atom. The molecule has 1 atom stereocenters. The molecule has 0 aliphatic heterocycles. The van der Waals surface area contributed by atoms with Crippen LogP contribution in [0.25, 0.3) is 27.5 Å². The highest BCUT2D eigenvalue weighted by Gasteiger charge is 2.17. The lowest BCUT2D eigenvalue weighted by Crippen LogP contribution is -2.22. The van der Waals surface area contributed by atoms with Gasteiger partial charge in [0.1, 0.15) is 0 Å². The van der Waals surface area contributed by atoms with Gasteiger partial charge in [-0.05, 0) is 41.5 Å². The maximum absolute atomic E-state index is 5.66. The summed E-state index contributed by atoms with van der Waals surface area (Å²) >= 11 is 0. The van der Waals surface area contributed by atoms with E-state index < -0.39 is 0 Å². The molecule has 0 saturated carbocycles. The summed E-state index contributed by atoms with van der Waals surface area (Å²) in [6.45, 7) is 2.19. The van der Waals surface area contributed by atoms with E-state index in [9.17, 15) is 0 Å². The fourth-order valence-corrected chi connectivity index (χ4v) is 4.39. The number of hydrogen-bond acceptors (Lipinski definition) is 1. The van der Waals surface area contributed by atoms with E-state index in [2.05, 4.69) is 89.3 Å². The topological polar surface area (TPSA) is 69.3 Å². The molecule has 4 nitrogen and oxygen atoms in total. The summed E-state index contributed by atoms with van der Waals surface area (Å²) in [4.78, 5) is 4.34. The van der Waals surface area contributed by atoms with E-state index in [1.807, 2.05) is 24.3 Å². The molecule has 0 fully saturated rings. The number of rotatable bonds is 4. The molecular weight excluding hydrogens is 380 g/mol. The molecule has 0 saturated heterocycles. The molecule has 1 unspecified atom stereocenters. The summed E-state index contributed by atoms with van der Waals surface area (Å²) in [6.07, 6.45) is 0. The number of aliphatic imine (C=N–C) groups is 1. The van der Waals surface area contributed by atoms with Gasteiger partial charge >= 0.3 is 0 Å². The summed E-state index contributed by atoms with van der Waals surface area (Å²) in [7, 11) is 0. The predicted octanol–water partition coefficient (Wildman–Crippen LogP) is 5.84. The van der Waals surface area contributed by atoms with Crippen LogP contribution in [0, 0.1) is 0 Å². The molecule has 0 bridgehead atoms. The number of benzene rings is 4. The van der Waals surface area contributed by atoms with Gasteiger partial charge in [0.25, 0.3) is 0 Å². The van der Waals surface area contributed by atoms with Crippen molar-refractivity contribution in [1.29, 1.82) is 0 Å². The molecular formula is C27H24N4. The first-order chi connectivity index (χ1) is 15.1. The van der Waals surface area contributed by atoms with Gasteiger partial charge < -0.3 is 16.0 Å². The van der Waals surface area contributed by atoms with E-state index in [1.165, 1.54) is 27.4 Å². The van der Waals surface area contributed by atoms with E-state index in [0.717, 1.165) is 16.9 Å². The highest BCUT2D eigenvalue weighted by atomic mass is 15.0. The van der Waals surface area contributed by atoms with Crippen molar-refractivity contribution in [3.63, 3.8) is 0 Å². The standard InChI is InChI=1S/C27H24N4/c1-18(21-11-5-7-13-24(21)30-27(28)29)19-15-16-23-22-12-6-8-14-25(22)31(26(23)17-19)20-9-3-2-4-10-20/h2-18H,1H3,(H4,28,29,30). The third-order valence-electron chi connectivity index (χ3n) is 5.87. The van der Waals surface area contributed by atoms with Crippen molar-refractivity contribution >= 4 is 33.5 Å². The van der Waals surface area contributed by atoms with Gasteiger partial charge in [0, 0.05) is 22.4 Å². The summed E-state index contributed by atoms with van der Waals surface area (Å²) in [5.74, 6) is 0.199. The normalized spacial score (nSPS) is 12.2. The Labute approximate surface area is 181 Å². The number of hydrogen-bond donors (Lipinski definition) is 2. The Morgan fingerprint density at radius 1 is 0.742 bits per heavy atom. The molecule has 1 aromatic heterocycles. The maximum atomic E-state index is 5.66. The number of guanidine groups is 1. The minimum absolute atomic E-state index is 0.0688. The Bertz CT molecular complexity index is 1410. The maximum Gasteiger partial charge on any atom is 0.191 e. The van der Waals surface area contributed by atoms with Crippen LogP contribution in [0.2, 0.25) is 0 Å². The van der Waals surface area contributed by atoms with Crippen LogP contribution < -0.4 is 11.5 Å². The van der Waals surface area contributed by atoms with Gasteiger partial charge in [-0.2, -0.15) is 0 Å². The van der Waals surface area contributed by atoms with Gasteiger partial charge in [-0.1, -0.05) is 73.7 Å². The lowest BCUT2D eigenvalue weighted by atomic mass is 9.91. The molecule has 4 aromatic carbocycles. The second-order valence-corrected chi connectivity index (χ2v) is 7.78. The number of nitrogens with two attached hydrogens (primary N) is 2. The largest absolute Gasteiger partial charge is 0.370 e.